The van der Waals surface area contributed by atoms with Crippen molar-refractivity contribution in [2.45, 2.75) is 13.1 Å². The molecule has 2 N–H and O–H groups in total. The molecule has 0 aliphatic carbocycles. The normalized spacial score (nSPS) is 10.5. The zero-order valence-corrected chi connectivity index (χ0v) is 13.2. The summed E-state index contributed by atoms with van der Waals surface area (Å²) in [5.74, 6) is -0.0513. The molecule has 0 radical (unpaired) electrons. The molecule has 0 aliphatic heterocycles. The van der Waals surface area contributed by atoms with Crippen molar-refractivity contribution >= 4 is 29.1 Å². The van der Waals surface area contributed by atoms with E-state index >= 15 is 0 Å². The van der Waals surface area contributed by atoms with E-state index in [1.54, 1.807) is 36.2 Å². The summed E-state index contributed by atoms with van der Waals surface area (Å²) in [7, 11) is 1.75. The molecule has 0 atom stereocenters. The quantitative estimate of drug-likeness (QED) is 0.932. The first-order chi connectivity index (χ1) is 10.0. The number of nitrogens with zero attached hydrogens (tertiary/aromatic N) is 1. The number of rotatable bonds is 4. The van der Waals surface area contributed by atoms with E-state index in [1.807, 2.05) is 18.2 Å². The second-order valence-electron chi connectivity index (χ2n) is 4.81. The first kappa shape index (κ1) is 15.8. The molecule has 1 amide bonds. The molecule has 0 aromatic heterocycles. The third-order valence-corrected chi connectivity index (χ3v) is 3.93. The van der Waals surface area contributed by atoms with Gasteiger partial charge in [0.2, 0.25) is 0 Å². The van der Waals surface area contributed by atoms with Gasteiger partial charge in [-0.1, -0.05) is 41.4 Å². The van der Waals surface area contributed by atoms with Gasteiger partial charge in [-0.3, -0.25) is 4.79 Å². The second kappa shape index (κ2) is 6.94. The highest BCUT2D eigenvalue weighted by Crippen LogP contribution is 2.23. The van der Waals surface area contributed by atoms with Gasteiger partial charge in [0.15, 0.2) is 0 Å². The number of carbonyl (C=O) groups is 1. The predicted octanol–water partition coefficient (Wildman–Crippen LogP) is 3.72. The van der Waals surface area contributed by atoms with E-state index < -0.39 is 0 Å². The van der Waals surface area contributed by atoms with E-state index in [0.717, 1.165) is 11.1 Å². The van der Waals surface area contributed by atoms with Gasteiger partial charge < -0.3 is 10.6 Å². The highest BCUT2D eigenvalue weighted by Gasteiger charge is 2.12. The van der Waals surface area contributed by atoms with Crippen LogP contribution in [0, 0.1) is 0 Å². The molecule has 0 saturated carbocycles. The van der Waals surface area contributed by atoms with Gasteiger partial charge in [0, 0.05) is 25.7 Å². The van der Waals surface area contributed by atoms with Crippen molar-refractivity contribution in [3.63, 3.8) is 0 Å². The van der Waals surface area contributed by atoms with E-state index in [1.165, 1.54) is 0 Å². The number of halogens is 2. The molecule has 0 unspecified atom stereocenters. The van der Waals surface area contributed by atoms with Gasteiger partial charge in [-0.25, -0.2) is 0 Å². The molecular formula is C16H16Cl2N2O. The van der Waals surface area contributed by atoms with Gasteiger partial charge in [-0.05, 0) is 35.4 Å². The van der Waals surface area contributed by atoms with Gasteiger partial charge >= 0.3 is 0 Å². The van der Waals surface area contributed by atoms with Crippen LogP contribution in [0.4, 0.5) is 0 Å². The smallest absolute Gasteiger partial charge is 0.253 e. The Kier molecular flexibility index (Phi) is 5.23. The summed E-state index contributed by atoms with van der Waals surface area (Å²) < 4.78 is 0. The summed E-state index contributed by atoms with van der Waals surface area (Å²) in [6.07, 6.45) is 0. The molecule has 0 spiro atoms. The van der Waals surface area contributed by atoms with E-state index in [2.05, 4.69) is 0 Å². The molecule has 0 saturated heterocycles. The van der Waals surface area contributed by atoms with Crippen molar-refractivity contribution < 1.29 is 4.79 Å². The Hall–Kier alpha value is -1.55. The summed E-state index contributed by atoms with van der Waals surface area (Å²) in [5, 5.41) is 0.995. The van der Waals surface area contributed by atoms with Crippen LogP contribution in [0.1, 0.15) is 21.5 Å². The maximum absolute atomic E-state index is 12.3. The molecule has 21 heavy (non-hydrogen) atoms. The highest BCUT2D eigenvalue weighted by atomic mass is 35.5. The number of hydrogen-bond donors (Lipinski definition) is 1. The van der Waals surface area contributed by atoms with E-state index in [9.17, 15) is 4.79 Å². The number of amides is 1. The van der Waals surface area contributed by atoms with Crippen LogP contribution in [0.15, 0.2) is 42.5 Å². The van der Waals surface area contributed by atoms with Crippen molar-refractivity contribution in [3.05, 3.63) is 69.2 Å². The van der Waals surface area contributed by atoms with Crippen molar-refractivity contribution in [2.75, 3.05) is 7.05 Å². The zero-order valence-electron chi connectivity index (χ0n) is 11.6. The second-order valence-corrected chi connectivity index (χ2v) is 5.63. The maximum atomic E-state index is 12.3. The number of carbonyl (C=O) groups excluding carboxylic acids is 1. The monoisotopic (exact) mass is 322 g/mol. The molecule has 3 nitrogen and oxygen atoms in total. The molecule has 0 heterocycles. The summed E-state index contributed by atoms with van der Waals surface area (Å²) in [6, 6.07) is 12.7. The Morgan fingerprint density at radius 3 is 2.24 bits per heavy atom. The van der Waals surface area contributed by atoms with Crippen LogP contribution in [0.3, 0.4) is 0 Å². The van der Waals surface area contributed by atoms with E-state index in [0.29, 0.717) is 28.7 Å². The van der Waals surface area contributed by atoms with Gasteiger partial charge in [0.1, 0.15) is 0 Å². The third-order valence-electron chi connectivity index (χ3n) is 3.19. The minimum absolute atomic E-state index is 0.0513. The molecule has 2 rings (SSSR count). The highest BCUT2D eigenvalue weighted by molar-refractivity contribution is 6.42. The Morgan fingerprint density at radius 1 is 1.05 bits per heavy atom. The Labute approximate surface area is 134 Å². The Morgan fingerprint density at radius 2 is 1.67 bits per heavy atom. The van der Waals surface area contributed by atoms with Gasteiger partial charge in [-0.15, -0.1) is 0 Å². The Bertz CT molecular complexity index is 641. The lowest BCUT2D eigenvalue weighted by molar-refractivity contribution is 0.0785. The summed E-state index contributed by atoms with van der Waals surface area (Å²) >= 11 is 11.9. The number of nitrogens with two attached hydrogens (primary N) is 1. The van der Waals surface area contributed by atoms with Crippen LogP contribution >= 0.6 is 23.2 Å². The number of hydrogen-bond acceptors (Lipinski definition) is 2. The number of benzene rings is 2. The molecule has 2 aromatic rings. The lowest BCUT2D eigenvalue weighted by Gasteiger charge is -2.18. The fourth-order valence-electron chi connectivity index (χ4n) is 1.99. The molecule has 2 aromatic carbocycles. The minimum Gasteiger partial charge on any atom is -0.337 e. The average molecular weight is 323 g/mol. The lowest BCUT2D eigenvalue weighted by atomic mass is 10.1. The first-order valence-corrected chi connectivity index (χ1v) is 7.25. The van der Waals surface area contributed by atoms with Crippen LogP contribution in [0.2, 0.25) is 10.0 Å². The molecule has 5 heteroatoms. The van der Waals surface area contributed by atoms with Gasteiger partial charge in [-0.2, -0.15) is 0 Å². The largest absolute Gasteiger partial charge is 0.337 e. The van der Waals surface area contributed by atoms with Crippen LogP contribution in [0.5, 0.6) is 0 Å². The molecule has 0 bridgehead atoms. The average Bonchev–Trinajstić information content (AvgIpc) is 2.50. The topological polar surface area (TPSA) is 46.3 Å². The van der Waals surface area contributed by atoms with Crippen molar-refractivity contribution in [3.8, 4) is 0 Å². The predicted molar refractivity (Wildman–Crippen MR) is 86.6 cm³/mol. The molecule has 110 valence electrons. The molecule has 0 aliphatic rings. The van der Waals surface area contributed by atoms with E-state index in [-0.39, 0.29) is 5.91 Å². The fraction of sp³-hybridized carbons (Fsp3) is 0.188. The van der Waals surface area contributed by atoms with Crippen molar-refractivity contribution in [1.29, 1.82) is 0 Å². The first-order valence-electron chi connectivity index (χ1n) is 6.49. The van der Waals surface area contributed by atoms with E-state index in [4.69, 9.17) is 28.9 Å². The third kappa shape index (κ3) is 3.97. The lowest BCUT2D eigenvalue weighted by Crippen LogP contribution is -2.26. The fourth-order valence-corrected chi connectivity index (χ4v) is 2.31. The SMILES string of the molecule is CN(Cc1ccc(Cl)c(Cl)c1)C(=O)c1ccc(CN)cc1. The van der Waals surface area contributed by atoms with Crippen LogP contribution < -0.4 is 5.73 Å². The van der Waals surface area contributed by atoms with Crippen molar-refractivity contribution in [2.24, 2.45) is 5.73 Å². The summed E-state index contributed by atoms with van der Waals surface area (Å²) in [6.45, 7) is 0.932. The Balaban J connectivity index is 2.09. The zero-order chi connectivity index (χ0) is 15.4. The maximum Gasteiger partial charge on any atom is 0.253 e. The summed E-state index contributed by atoms with van der Waals surface area (Å²) in [5.41, 5.74) is 8.11. The summed E-state index contributed by atoms with van der Waals surface area (Å²) in [4.78, 5) is 14.0. The van der Waals surface area contributed by atoms with Crippen LogP contribution in [-0.2, 0) is 13.1 Å². The molecule has 0 fully saturated rings. The van der Waals surface area contributed by atoms with Gasteiger partial charge in [0.05, 0.1) is 10.0 Å². The molecular weight excluding hydrogens is 307 g/mol. The van der Waals surface area contributed by atoms with Crippen molar-refractivity contribution in [1.82, 2.24) is 4.90 Å². The standard InChI is InChI=1S/C16H16Cl2N2O/c1-20(10-12-4-7-14(17)15(18)8-12)16(21)13-5-2-11(9-19)3-6-13/h2-8H,9-10,19H2,1H3. The van der Waals surface area contributed by atoms with Gasteiger partial charge in [0.25, 0.3) is 5.91 Å². The van der Waals surface area contributed by atoms with Crippen LogP contribution in [0.25, 0.3) is 0 Å². The van der Waals surface area contributed by atoms with Crippen LogP contribution in [-0.4, -0.2) is 17.9 Å². The minimum atomic E-state index is -0.0513.